The molecule has 4 aromatic rings. The van der Waals surface area contributed by atoms with Crippen molar-refractivity contribution < 1.29 is 18.8 Å². The number of benzene rings is 3. The molecule has 4 rings (SSSR count). The molecule has 0 radical (unpaired) electrons. The monoisotopic (exact) mass is 431 g/mol. The van der Waals surface area contributed by atoms with Crippen molar-refractivity contribution in [2.24, 2.45) is 0 Å². The molecule has 0 amide bonds. The largest absolute Gasteiger partial charge is 0.489 e. The number of hydrogen-bond acceptors (Lipinski definition) is 6. The molecule has 0 fully saturated rings. The Morgan fingerprint density at radius 2 is 1.75 bits per heavy atom. The molecule has 0 saturated heterocycles. The van der Waals surface area contributed by atoms with Gasteiger partial charge in [-0.25, -0.2) is 0 Å². The fourth-order valence-electron chi connectivity index (χ4n) is 3.30. The maximum Gasteiger partial charge on any atom is 0.269 e. The topological polar surface area (TPSA) is 91.8 Å². The summed E-state index contributed by atoms with van der Waals surface area (Å²) in [6, 6.07) is 18.7. The number of rotatable bonds is 7. The highest BCUT2D eigenvalue weighted by Crippen LogP contribution is 2.30. The van der Waals surface area contributed by atoms with Crippen LogP contribution in [-0.4, -0.2) is 4.92 Å². The molecular weight excluding hydrogens is 410 g/mol. The Labute approximate surface area is 184 Å². The van der Waals surface area contributed by atoms with Gasteiger partial charge in [-0.1, -0.05) is 32.0 Å². The van der Waals surface area contributed by atoms with Gasteiger partial charge in [0.1, 0.15) is 30.0 Å². The molecule has 0 spiro atoms. The first-order chi connectivity index (χ1) is 15.4. The summed E-state index contributed by atoms with van der Waals surface area (Å²) in [5.74, 6) is 1.49. The third-order valence-corrected chi connectivity index (χ3v) is 5.03. The van der Waals surface area contributed by atoms with E-state index in [1.54, 1.807) is 30.3 Å². The molecule has 0 N–H and O–H groups in total. The minimum atomic E-state index is -0.449. The Hall–Kier alpha value is -4.13. The fraction of sp³-hybridized carbons (Fsp3) is 0.160. The van der Waals surface area contributed by atoms with Gasteiger partial charge in [0.15, 0.2) is 0 Å². The SMILES string of the molecule is CC(C)c1ccccc1Oc1coc2cc(OCc3ccc([N+](=O)[O-])cc3)ccc2c1=O. The molecule has 7 heteroatoms. The molecular formula is C25H21NO6. The average molecular weight is 431 g/mol. The maximum atomic E-state index is 12.9. The van der Waals surface area contributed by atoms with E-state index in [1.807, 2.05) is 24.3 Å². The second-order valence-electron chi connectivity index (χ2n) is 7.59. The van der Waals surface area contributed by atoms with Crippen molar-refractivity contribution in [3.05, 3.63) is 104 Å². The number of para-hydroxylation sites is 1. The highest BCUT2D eigenvalue weighted by Gasteiger charge is 2.13. The van der Waals surface area contributed by atoms with E-state index in [2.05, 4.69) is 13.8 Å². The minimum Gasteiger partial charge on any atom is -0.489 e. The van der Waals surface area contributed by atoms with E-state index in [4.69, 9.17) is 13.9 Å². The Balaban J connectivity index is 1.53. The molecule has 162 valence electrons. The van der Waals surface area contributed by atoms with E-state index >= 15 is 0 Å². The summed E-state index contributed by atoms with van der Waals surface area (Å²) >= 11 is 0. The lowest BCUT2D eigenvalue weighted by Gasteiger charge is -2.13. The number of ether oxygens (including phenoxy) is 2. The van der Waals surface area contributed by atoms with Crippen LogP contribution in [0.15, 0.2) is 82.2 Å². The van der Waals surface area contributed by atoms with Crippen molar-refractivity contribution in [1.82, 2.24) is 0 Å². The van der Waals surface area contributed by atoms with E-state index in [9.17, 15) is 14.9 Å². The summed E-state index contributed by atoms with van der Waals surface area (Å²) in [7, 11) is 0. The molecule has 0 atom stereocenters. The predicted octanol–water partition coefficient (Wildman–Crippen LogP) is 6.20. The lowest BCUT2D eigenvalue weighted by molar-refractivity contribution is -0.384. The fourth-order valence-corrected chi connectivity index (χ4v) is 3.30. The Bertz CT molecular complexity index is 1320. The summed E-state index contributed by atoms with van der Waals surface area (Å²) in [4.78, 5) is 23.2. The molecule has 0 unspecified atom stereocenters. The van der Waals surface area contributed by atoms with Gasteiger partial charge in [-0.05, 0) is 47.4 Å². The van der Waals surface area contributed by atoms with Crippen molar-refractivity contribution in [3.63, 3.8) is 0 Å². The van der Waals surface area contributed by atoms with Gasteiger partial charge in [-0.2, -0.15) is 0 Å². The zero-order chi connectivity index (χ0) is 22.7. The molecule has 1 aromatic heterocycles. The van der Waals surface area contributed by atoms with E-state index < -0.39 is 4.92 Å². The van der Waals surface area contributed by atoms with Gasteiger partial charge in [-0.15, -0.1) is 0 Å². The van der Waals surface area contributed by atoms with Gasteiger partial charge < -0.3 is 13.9 Å². The first-order valence-corrected chi connectivity index (χ1v) is 10.1. The van der Waals surface area contributed by atoms with Crippen LogP contribution in [0.4, 0.5) is 5.69 Å². The third kappa shape index (κ3) is 4.46. The lowest BCUT2D eigenvalue weighted by atomic mass is 10.0. The van der Waals surface area contributed by atoms with Crippen LogP contribution in [0.3, 0.4) is 0 Å². The summed E-state index contributed by atoms with van der Waals surface area (Å²) in [6.07, 6.45) is 1.31. The Morgan fingerprint density at radius 3 is 2.47 bits per heavy atom. The quantitative estimate of drug-likeness (QED) is 0.256. The van der Waals surface area contributed by atoms with E-state index in [0.29, 0.717) is 22.5 Å². The maximum absolute atomic E-state index is 12.9. The molecule has 0 aliphatic rings. The summed E-state index contributed by atoms with van der Waals surface area (Å²) in [5, 5.41) is 11.1. The highest BCUT2D eigenvalue weighted by atomic mass is 16.6. The van der Waals surface area contributed by atoms with Crippen LogP contribution < -0.4 is 14.9 Å². The van der Waals surface area contributed by atoms with Gasteiger partial charge in [-0.3, -0.25) is 14.9 Å². The van der Waals surface area contributed by atoms with Gasteiger partial charge in [0, 0.05) is 18.2 Å². The second kappa shape index (κ2) is 8.93. The standard InChI is InChI=1S/C25H21NO6/c1-16(2)20-5-3-4-6-22(20)32-24-15-31-23-13-19(11-12-21(23)25(24)27)30-14-17-7-9-18(10-8-17)26(28)29/h3-13,15-16H,14H2,1-2H3. The Kier molecular flexibility index (Phi) is 5.89. The van der Waals surface area contributed by atoms with Crippen LogP contribution in [0.1, 0.15) is 30.9 Å². The minimum absolute atomic E-state index is 0.0234. The molecule has 32 heavy (non-hydrogen) atoms. The van der Waals surface area contributed by atoms with Gasteiger partial charge in [0.25, 0.3) is 5.69 Å². The average Bonchev–Trinajstić information content (AvgIpc) is 2.80. The number of nitrogens with zero attached hydrogens (tertiary/aromatic N) is 1. The molecule has 3 aromatic carbocycles. The van der Waals surface area contributed by atoms with Crippen molar-refractivity contribution in [2.75, 3.05) is 0 Å². The molecule has 0 saturated carbocycles. The van der Waals surface area contributed by atoms with Gasteiger partial charge in [0.2, 0.25) is 11.2 Å². The van der Waals surface area contributed by atoms with Crippen LogP contribution in [0.2, 0.25) is 0 Å². The van der Waals surface area contributed by atoms with Crippen LogP contribution in [0, 0.1) is 10.1 Å². The van der Waals surface area contributed by atoms with Crippen LogP contribution in [-0.2, 0) is 6.61 Å². The summed E-state index contributed by atoms with van der Waals surface area (Å²) < 4.78 is 17.3. The lowest BCUT2D eigenvalue weighted by Crippen LogP contribution is -2.06. The zero-order valence-corrected chi connectivity index (χ0v) is 17.6. The number of hydrogen-bond donors (Lipinski definition) is 0. The number of non-ortho nitro benzene ring substituents is 1. The van der Waals surface area contributed by atoms with Gasteiger partial charge >= 0.3 is 0 Å². The van der Waals surface area contributed by atoms with E-state index in [1.165, 1.54) is 18.4 Å². The third-order valence-electron chi connectivity index (χ3n) is 5.03. The van der Waals surface area contributed by atoms with Crippen molar-refractivity contribution in [1.29, 1.82) is 0 Å². The smallest absolute Gasteiger partial charge is 0.269 e. The van der Waals surface area contributed by atoms with Crippen molar-refractivity contribution in [3.8, 4) is 17.2 Å². The summed E-state index contributed by atoms with van der Waals surface area (Å²) in [5.41, 5.74) is 1.91. The van der Waals surface area contributed by atoms with E-state index in [0.717, 1.165) is 11.1 Å². The number of nitro benzene ring substituents is 1. The molecule has 0 aliphatic heterocycles. The number of nitro groups is 1. The summed E-state index contributed by atoms with van der Waals surface area (Å²) in [6.45, 7) is 4.34. The molecule has 1 heterocycles. The number of fused-ring (bicyclic) bond motifs is 1. The van der Waals surface area contributed by atoms with Gasteiger partial charge in [0.05, 0.1) is 10.3 Å². The van der Waals surface area contributed by atoms with Crippen LogP contribution >= 0.6 is 0 Å². The predicted molar refractivity (Wildman–Crippen MR) is 121 cm³/mol. The van der Waals surface area contributed by atoms with Crippen LogP contribution in [0.25, 0.3) is 11.0 Å². The van der Waals surface area contributed by atoms with Crippen molar-refractivity contribution >= 4 is 16.7 Å². The van der Waals surface area contributed by atoms with E-state index in [-0.39, 0.29) is 29.4 Å². The second-order valence-corrected chi connectivity index (χ2v) is 7.59. The first-order valence-electron chi connectivity index (χ1n) is 10.1. The highest BCUT2D eigenvalue weighted by molar-refractivity contribution is 5.79. The Morgan fingerprint density at radius 1 is 1.00 bits per heavy atom. The van der Waals surface area contributed by atoms with Crippen molar-refractivity contribution in [2.45, 2.75) is 26.4 Å². The zero-order valence-electron chi connectivity index (χ0n) is 17.6. The first kappa shape index (κ1) is 21.1. The normalized spacial score (nSPS) is 11.0. The molecule has 0 aliphatic carbocycles. The van der Waals surface area contributed by atoms with Crippen LogP contribution in [0.5, 0.6) is 17.2 Å². The molecule has 0 bridgehead atoms. The molecule has 7 nitrogen and oxygen atoms in total.